The minimum atomic E-state index is -3.29. The predicted octanol–water partition coefficient (Wildman–Crippen LogP) is -7.38. The van der Waals surface area contributed by atoms with Gasteiger partial charge in [-0.1, -0.05) is 0 Å². The van der Waals surface area contributed by atoms with E-state index in [9.17, 15) is 0 Å². The molecule has 0 aliphatic heterocycles. The third kappa shape index (κ3) is 28.7. The van der Waals surface area contributed by atoms with E-state index in [2.05, 4.69) is 0 Å². The smallest absolute Gasteiger partial charge is 1.00 e. The summed E-state index contributed by atoms with van der Waals surface area (Å²) in [7, 11) is 0. The van der Waals surface area contributed by atoms with Gasteiger partial charge in [0.2, 0.25) is 0 Å². The third-order valence-electron chi connectivity index (χ3n) is 0. The van der Waals surface area contributed by atoms with Crippen molar-refractivity contribution in [1.82, 2.24) is 0 Å². The predicted molar refractivity (Wildman–Crippen MR) is 13.1 cm³/mol. The van der Waals surface area contributed by atoms with Crippen LogP contribution >= 0.6 is 0 Å². The monoisotopic (exact) mass is 194 g/mol. The zero-order valence-corrected chi connectivity index (χ0v) is 10.5. The Kier molecular flexibility index (Phi) is 28.7. The molecule has 0 radical (unpaired) electrons. The van der Waals surface area contributed by atoms with Gasteiger partial charge >= 0.3 is 108 Å². The Morgan fingerprint density at radius 3 is 1.50 bits per heavy atom. The quantitative estimate of drug-likeness (QED) is 0.376. The van der Waals surface area contributed by atoms with Gasteiger partial charge in [0.15, 0.2) is 0 Å². The van der Waals surface area contributed by atoms with E-state index in [1.54, 1.807) is 0 Å². The molecule has 0 fully saturated rings. The van der Waals surface area contributed by atoms with Crippen molar-refractivity contribution in [1.29, 1.82) is 0 Å². The molecule has 0 rings (SSSR count). The molecule has 6 heavy (non-hydrogen) atoms. The summed E-state index contributed by atoms with van der Waals surface area (Å²) in [6.45, 7) is 0. The Labute approximate surface area is 108 Å². The summed E-state index contributed by atoms with van der Waals surface area (Å²) in [5.41, 5.74) is 0. The second-order valence-electron chi connectivity index (χ2n) is 0.231. The second kappa shape index (κ2) is 10.8. The van der Waals surface area contributed by atoms with Crippen LogP contribution in [-0.2, 0) is 3.83 Å². The molecule has 0 unspecified atom stereocenters. The van der Waals surface area contributed by atoms with Crippen LogP contribution < -0.4 is 80.9 Å². The zero-order valence-electron chi connectivity index (χ0n) is 5.71. The third-order valence-corrected chi connectivity index (χ3v) is 0. The Morgan fingerprint density at radius 1 is 1.50 bits per heavy atom. The van der Waals surface area contributed by atoms with Crippen LogP contribution in [0, 0.1) is 0 Å². The minimum Gasteiger partial charge on any atom is -1.00 e. The molecule has 0 saturated carbocycles. The van der Waals surface area contributed by atoms with E-state index in [0.29, 0.717) is 0 Å². The molecule has 0 aromatic carbocycles. The molecule has 0 bridgehead atoms. The fourth-order valence-corrected chi connectivity index (χ4v) is 0. The molecule has 0 aromatic rings. The fourth-order valence-electron chi connectivity index (χ4n) is 0. The summed E-state index contributed by atoms with van der Waals surface area (Å²) in [4.78, 5) is 0. The van der Waals surface area contributed by atoms with Crippen molar-refractivity contribution in [2.24, 2.45) is 0 Å². The maximum atomic E-state index is 8.76. The van der Waals surface area contributed by atoms with Crippen LogP contribution in [-0.4, -0.2) is 22.9 Å². The first-order valence-corrected chi connectivity index (χ1v) is 2.76. The Balaban J connectivity index is -0.00000000750. The van der Waals surface area contributed by atoms with Gasteiger partial charge in [0.25, 0.3) is 0 Å². The summed E-state index contributed by atoms with van der Waals surface area (Å²) in [5.74, 6) is 0. The Hall–Kier alpha value is 2.88. The first-order valence-electron chi connectivity index (χ1n) is 0.532. The Bertz CT molecular complexity index is 40.3. The van der Waals surface area contributed by atoms with Crippen LogP contribution in [0.1, 0.15) is 2.85 Å². The minimum absolute atomic E-state index is 0. The summed E-state index contributed by atoms with van der Waals surface area (Å²) in [6.07, 6.45) is 0. The van der Waals surface area contributed by atoms with Crippen LogP contribution in [0.5, 0.6) is 0 Å². The van der Waals surface area contributed by atoms with Crippen LogP contribution in [0.3, 0.4) is 0 Å². The SMILES string of the molecule is O=[Se](O)O.[H-].[H-].[K+].[Na+]. The number of hydrogen-bond donors (Lipinski definition) is 2. The summed E-state index contributed by atoms with van der Waals surface area (Å²) >= 11 is -3.29. The van der Waals surface area contributed by atoms with Crippen LogP contribution in [0.2, 0.25) is 0 Å². The molecule has 6 heteroatoms. The van der Waals surface area contributed by atoms with Crippen LogP contribution in [0.4, 0.5) is 0 Å². The van der Waals surface area contributed by atoms with E-state index in [-0.39, 0.29) is 83.8 Å². The molecule has 30 valence electrons. The zero-order chi connectivity index (χ0) is 3.58. The molecule has 0 aliphatic rings. The molecule has 2 N–H and O–H groups in total. The molecule has 0 spiro atoms. The average Bonchev–Trinajstić information content (AvgIpc) is 0.811. The molecule has 0 saturated heterocycles. The van der Waals surface area contributed by atoms with Gasteiger partial charge in [0.1, 0.15) is 0 Å². The first kappa shape index (κ1) is 15.9. The molecule has 0 heterocycles. The van der Waals surface area contributed by atoms with Crippen molar-refractivity contribution in [2.45, 2.75) is 0 Å². The average molecular weight is 193 g/mol. The Morgan fingerprint density at radius 2 is 1.50 bits per heavy atom. The van der Waals surface area contributed by atoms with Gasteiger partial charge in [0.05, 0.1) is 0 Å². The van der Waals surface area contributed by atoms with Crippen molar-refractivity contribution in [3.63, 3.8) is 0 Å². The van der Waals surface area contributed by atoms with Gasteiger partial charge in [-0.25, -0.2) is 0 Å². The van der Waals surface area contributed by atoms with Gasteiger partial charge in [-0.05, 0) is 0 Å². The molecule has 0 atom stereocenters. The van der Waals surface area contributed by atoms with E-state index in [1.807, 2.05) is 0 Å². The molecular weight excluding hydrogens is 189 g/mol. The van der Waals surface area contributed by atoms with E-state index >= 15 is 0 Å². The van der Waals surface area contributed by atoms with E-state index < -0.39 is 14.5 Å². The van der Waals surface area contributed by atoms with E-state index in [0.717, 1.165) is 0 Å². The van der Waals surface area contributed by atoms with Gasteiger partial charge in [-0.2, -0.15) is 0 Å². The molecule has 0 amide bonds. The topological polar surface area (TPSA) is 57.5 Å². The van der Waals surface area contributed by atoms with Crippen molar-refractivity contribution in [2.75, 3.05) is 0 Å². The maximum absolute atomic E-state index is 8.76. The fraction of sp³-hybridized carbons (Fsp3) is 0. The normalized spacial score (nSPS) is 5.83. The first-order chi connectivity index (χ1) is 1.73. The van der Waals surface area contributed by atoms with Gasteiger partial charge in [-0.3, -0.25) is 0 Å². The van der Waals surface area contributed by atoms with Crippen LogP contribution in [0.25, 0.3) is 0 Å². The van der Waals surface area contributed by atoms with Crippen molar-refractivity contribution in [3.8, 4) is 0 Å². The van der Waals surface area contributed by atoms with Crippen molar-refractivity contribution >= 4 is 14.5 Å². The van der Waals surface area contributed by atoms with Gasteiger partial charge in [0, 0.05) is 0 Å². The summed E-state index contributed by atoms with van der Waals surface area (Å²) in [5, 5.41) is 0. The summed E-state index contributed by atoms with van der Waals surface area (Å²) < 4.78 is 23.1. The number of hydrogen-bond acceptors (Lipinski definition) is 1. The van der Waals surface area contributed by atoms with Crippen molar-refractivity contribution in [3.05, 3.63) is 0 Å². The largest absolute Gasteiger partial charge is 1.00 e. The molecule has 0 aliphatic carbocycles. The van der Waals surface area contributed by atoms with E-state index in [4.69, 9.17) is 12.2 Å². The van der Waals surface area contributed by atoms with Gasteiger partial charge in [-0.15, -0.1) is 0 Å². The molecule has 0 aromatic heterocycles. The van der Waals surface area contributed by atoms with Gasteiger partial charge < -0.3 is 2.85 Å². The van der Waals surface area contributed by atoms with Crippen molar-refractivity contribution < 1.29 is 96.0 Å². The summed E-state index contributed by atoms with van der Waals surface area (Å²) in [6, 6.07) is 0. The molecule has 3 nitrogen and oxygen atoms in total. The van der Waals surface area contributed by atoms with Crippen LogP contribution in [0.15, 0.2) is 0 Å². The standard InChI is InChI=1S/K.Na.H2O3Se.2H/c;;1-4(2)3;;/h;;(H2,1,2,3);;/q2*+1;;2*-1. The number of rotatable bonds is 0. The van der Waals surface area contributed by atoms with E-state index in [1.165, 1.54) is 0 Å². The maximum Gasteiger partial charge on any atom is 1.00 e. The molecular formula is H4KNaO3Se. The second-order valence-corrected chi connectivity index (χ2v) is 1.20.